The molecule has 2 aromatic heterocycles. The molecule has 0 unspecified atom stereocenters. The Bertz CT molecular complexity index is 1590. The number of anilines is 1. The molecule has 5 rings (SSSR count). The summed E-state index contributed by atoms with van der Waals surface area (Å²) in [5.41, 5.74) is 0.544. The first-order chi connectivity index (χ1) is 18.4. The molecule has 0 spiro atoms. The minimum atomic E-state index is -4.40. The highest BCUT2D eigenvalue weighted by molar-refractivity contribution is 7.92. The van der Waals surface area contributed by atoms with Crippen molar-refractivity contribution in [2.75, 3.05) is 18.8 Å². The monoisotopic (exact) mass is 561 g/mol. The first kappa shape index (κ1) is 27.1. The number of hydrogen-bond donors (Lipinski definition) is 1. The Morgan fingerprint density at radius 1 is 1.08 bits per heavy atom. The van der Waals surface area contributed by atoms with Crippen LogP contribution in [0.4, 0.5) is 23.4 Å². The lowest BCUT2D eigenvalue weighted by molar-refractivity contribution is -0.137. The van der Waals surface area contributed by atoms with Crippen molar-refractivity contribution < 1.29 is 26.0 Å². The molecule has 12 heteroatoms. The number of sulfonamides is 1. The number of alkyl halides is 3. The summed E-state index contributed by atoms with van der Waals surface area (Å²) in [6, 6.07) is 11.0. The third-order valence-electron chi connectivity index (χ3n) is 7.37. The Morgan fingerprint density at radius 2 is 1.87 bits per heavy atom. The number of aromatic nitrogens is 3. The molecule has 39 heavy (non-hydrogen) atoms. The molecule has 0 aliphatic heterocycles. The number of halogens is 4. The van der Waals surface area contributed by atoms with Gasteiger partial charge in [0.05, 0.1) is 11.1 Å². The van der Waals surface area contributed by atoms with E-state index in [0.29, 0.717) is 35.7 Å². The number of nitrogens with one attached hydrogen (secondary N) is 1. The Hall–Kier alpha value is -3.51. The van der Waals surface area contributed by atoms with Gasteiger partial charge in [-0.3, -0.25) is 4.72 Å². The zero-order valence-electron chi connectivity index (χ0n) is 21.2. The summed E-state index contributed by atoms with van der Waals surface area (Å²) in [5.74, 6) is -0.935. The molecule has 1 saturated carbocycles. The SMILES string of the molecule is CN(C)[C@H]1C[C@@H](c2cccc(C(F)(F)F)c2)CC[C@@H]1n1ccc2cc(S(=O)(=O)Nc3ccncn3)c(F)cc21. The van der Waals surface area contributed by atoms with Crippen LogP contribution in [0, 0.1) is 5.82 Å². The number of fused-ring (bicyclic) bond motifs is 1. The van der Waals surface area contributed by atoms with Crippen molar-refractivity contribution in [1.82, 2.24) is 19.4 Å². The van der Waals surface area contributed by atoms with Gasteiger partial charge in [0.15, 0.2) is 0 Å². The van der Waals surface area contributed by atoms with E-state index in [0.717, 1.165) is 6.07 Å². The van der Waals surface area contributed by atoms with Crippen molar-refractivity contribution in [3.8, 4) is 0 Å². The Labute approximate surface area is 223 Å². The van der Waals surface area contributed by atoms with Crippen LogP contribution in [0.5, 0.6) is 0 Å². The van der Waals surface area contributed by atoms with Gasteiger partial charge in [-0.25, -0.2) is 22.8 Å². The minimum absolute atomic E-state index is 0.0217. The fourth-order valence-corrected chi connectivity index (χ4v) is 6.58. The van der Waals surface area contributed by atoms with Crippen molar-refractivity contribution in [3.63, 3.8) is 0 Å². The highest BCUT2D eigenvalue weighted by Gasteiger charge is 2.36. The molecular weight excluding hydrogens is 534 g/mol. The lowest BCUT2D eigenvalue weighted by Gasteiger charge is -2.41. The zero-order chi connectivity index (χ0) is 27.9. The molecule has 1 aliphatic carbocycles. The predicted molar refractivity (Wildman–Crippen MR) is 139 cm³/mol. The summed E-state index contributed by atoms with van der Waals surface area (Å²) < 4.78 is 85.1. The van der Waals surface area contributed by atoms with Gasteiger partial charge in [-0.1, -0.05) is 18.2 Å². The van der Waals surface area contributed by atoms with Crippen LogP contribution in [-0.4, -0.2) is 48.0 Å². The van der Waals surface area contributed by atoms with Crippen LogP contribution in [0.2, 0.25) is 0 Å². The van der Waals surface area contributed by atoms with Crippen LogP contribution in [0.15, 0.2) is 72.1 Å². The maximum absolute atomic E-state index is 15.2. The van der Waals surface area contributed by atoms with Gasteiger partial charge in [0.2, 0.25) is 0 Å². The molecule has 206 valence electrons. The summed E-state index contributed by atoms with van der Waals surface area (Å²) in [6.45, 7) is 0. The first-order valence-corrected chi connectivity index (χ1v) is 13.8. The van der Waals surface area contributed by atoms with E-state index in [1.807, 2.05) is 29.8 Å². The van der Waals surface area contributed by atoms with Crippen molar-refractivity contribution >= 4 is 26.7 Å². The molecule has 7 nitrogen and oxygen atoms in total. The van der Waals surface area contributed by atoms with E-state index in [9.17, 15) is 21.6 Å². The lowest BCUT2D eigenvalue weighted by atomic mass is 9.77. The Kier molecular flexibility index (Phi) is 7.10. The van der Waals surface area contributed by atoms with E-state index in [4.69, 9.17) is 0 Å². The van der Waals surface area contributed by atoms with Crippen molar-refractivity contribution in [2.24, 2.45) is 0 Å². The molecule has 1 N–H and O–H groups in total. The van der Waals surface area contributed by atoms with E-state index in [2.05, 4.69) is 14.7 Å². The molecule has 0 amide bonds. The molecule has 2 heterocycles. The third kappa shape index (κ3) is 5.48. The molecule has 0 radical (unpaired) electrons. The second kappa shape index (κ2) is 10.2. The van der Waals surface area contributed by atoms with Crippen LogP contribution in [-0.2, 0) is 16.2 Å². The van der Waals surface area contributed by atoms with E-state index >= 15 is 4.39 Å². The quantitative estimate of drug-likeness (QED) is 0.300. The molecule has 2 aromatic carbocycles. The summed E-state index contributed by atoms with van der Waals surface area (Å²) in [4.78, 5) is 9.11. The van der Waals surface area contributed by atoms with Gasteiger partial charge in [-0.05, 0) is 75.2 Å². The lowest BCUT2D eigenvalue weighted by Crippen LogP contribution is -2.40. The molecular formula is C27H27F4N5O2S. The third-order valence-corrected chi connectivity index (χ3v) is 8.74. The number of hydrogen-bond acceptors (Lipinski definition) is 5. The average Bonchev–Trinajstić information content (AvgIpc) is 3.30. The topological polar surface area (TPSA) is 80.1 Å². The number of rotatable bonds is 6. The van der Waals surface area contributed by atoms with E-state index in [1.165, 1.54) is 42.9 Å². The van der Waals surface area contributed by atoms with E-state index in [-0.39, 0.29) is 23.8 Å². The van der Waals surface area contributed by atoms with Gasteiger partial charge in [-0.15, -0.1) is 0 Å². The van der Waals surface area contributed by atoms with Crippen LogP contribution >= 0.6 is 0 Å². The van der Waals surface area contributed by atoms with E-state index < -0.39 is 32.5 Å². The molecule has 1 aliphatic rings. The smallest absolute Gasteiger partial charge is 0.343 e. The second-order valence-electron chi connectivity index (χ2n) is 10.00. The molecule has 3 atom stereocenters. The van der Waals surface area contributed by atoms with Gasteiger partial charge < -0.3 is 9.47 Å². The maximum Gasteiger partial charge on any atom is 0.416 e. The Morgan fingerprint density at radius 3 is 2.56 bits per heavy atom. The normalized spacial score (nSPS) is 20.4. The number of likely N-dealkylation sites (N-methyl/N-ethyl adjacent to an activating group) is 1. The molecule has 0 bridgehead atoms. The molecule has 1 fully saturated rings. The zero-order valence-corrected chi connectivity index (χ0v) is 22.0. The van der Waals surface area contributed by atoms with Gasteiger partial charge in [-0.2, -0.15) is 13.2 Å². The summed E-state index contributed by atoms with van der Waals surface area (Å²) in [5, 5.41) is 0.553. The highest BCUT2D eigenvalue weighted by atomic mass is 32.2. The van der Waals surface area contributed by atoms with Crippen LogP contribution in [0.25, 0.3) is 10.9 Å². The van der Waals surface area contributed by atoms with Crippen molar-refractivity contribution in [3.05, 3.63) is 84.2 Å². The van der Waals surface area contributed by atoms with E-state index in [1.54, 1.807) is 12.1 Å². The predicted octanol–water partition coefficient (Wildman–Crippen LogP) is 5.83. The summed E-state index contributed by atoms with van der Waals surface area (Å²) in [6.07, 6.45) is 1.89. The number of benzene rings is 2. The van der Waals surface area contributed by atoms with Crippen molar-refractivity contribution in [2.45, 2.75) is 48.3 Å². The van der Waals surface area contributed by atoms with Crippen LogP contribution < -0.4 is 4.72 Å². The number of nitrogens with zero attached hydrogens (tertiary/aromatic N) is 4. The highest BCUT2D eigenvalue weighted by Crippen LogP contribution is 2.42. The van der Waals surface area contributed by atoms with Crippen LogP contribution in [0.3, 0.4) is 0 Å². The first-order valence-electron chi connectivity index (χ1n) is 12.4. The van der Waals surface area contributed by atoms with Crippen molar-refractivity contribution in [1.29, 1.82) is 0 Å². The van der Waals surface area contributed by atoms with Gasteiger partial charge in [0, 0.05) is 29.9 Å². The molecule has 4 aromatic rings. The van der Waals surface area contributed by atoms with Gasteiger partial charge in [0.1, 0.15) is 22.9 Å². The molecule has 0 saturated heterocycles. The van der Waals surface area contributed by atoms with Crippen LogP contribution in [0.1, 0.15) is 42.3 Å². The fourth-order valence-electron chi connectivity index (χ4n) is 5.48. The van der Waals surface area contributed by atoms with Gasteiger partial charge in [0.25, 0.3) is 10.0 Å². The minimum Gasteiger partial charge on any atom is -0.343 e. The largest absolute Gasteiger partial charge is 0.416 e. The van der Waals surface area contributed by atoms with Gasteiger partial charge >= 0.3 is 6.18 Å². The summed E-state index contributed by atoms with van der Waals surface area (Å²) >= 11 is 0. The standard InChI is InChI=1S/C27H27F4N5O2S/c1-35(2)24-13-18(17-4-3-5-20(12-17)27(29,30)31)6-7-22(24)36-11-9-19-14-25(21(28)15-23(19)36)39(37,38)34-26-8-10-32-16-33-26/h3-5,8-12,14-16,18,22,24H,6-7,13H2,1-2H3,(H,32,33,34)/t18-,22-,24-/m0/s1. The maximum atomic E-state index is 15.2. The second-order valence-corrected chi connectivity index (χ2v) is 11.6. The summed E-state index contributed by atoms with van der Waals surface area (Å²) in [7, 11) is -0.403. The fraction of sp³-hybridized carbons (Fsp3) is 0.333. The Balaban J connectivity index is 1.44. The average molecular weight is 562 g/mol.